The molecule has 0 spiro atoms. The lowest BCUT2D eigenvalue weighted by molar-refractivity contribution is -0.131. The summed E-state index contributed by atoms with van der Waals surface area (Å²) in [6, 6.07) is 11.1. The minimum atomic E-state index is -0.741. The SMILES string of the molecule is O=C(NCc1ccc(Cl)cc1Cl)C1CC(c2cccc(F)c2)=NO1. The zero-order chi connectivity index (χ0) is 17.1. The Morgan fingerprint density at radius 2 is 2.12 bits per heavy atom. The average Bonchev–Trinajstić information content (AvgIpc) is 3.04. The van der Waals surface area contributed by atoms with Gasteiger partial charge in [0.15, 0.2) is 0 Å². The fourth-order valence-electron chi connectivity index (χ4n) is 2.32. The number of hydrogen-bond donors (Lipinski definition) is 1. The normalized spacial score (nSPS) is 16.5. The van der Waals surface area contributed by atoms with Crippen LogP contribution in [0, 0.1) is 5.82 Å². The molecule has 0 saturated heterocycles. The first-order valence-electron chi connectivity index (χ1n) is 7.23. The third kappa shape index (κ3) is 3.86. The van der Waals surface area contributed by atoms with E-state index in [1.165, 1.54) is 12.1 Å². The third-order valence-corrected chi connectivity index (χ3v) is 4.17. The lowest BCUT2D eigenvalue weighted by Gasteiger charge is -2.10. The maximum absolute atomic E-state index is 13.3. The smallest absolute Gasteiger partial charge is 0.264 e. The molecule has 0 aliphatic carbocycles. The zero-order valence-electron chi connectivity index (χ0n) is 12.4. The molecule has 0 bridgehead atoms. The van der Waals surface area contributed by atoms with E-state index in [4.69, 9.17) is 28.0 Å². The van der Waals surface area contributed by atoms with Crippen molar-refractivity contribution in [1.82, 2.24) is 5.32 Å². The molecule has 1 amide bonds. The summed E-state index contributed by atoms with van der Waals surface area (Å²) in [4.78, 5) is 17.3. The molecule has 0 aromatic heterocycles. The van der Waals surface area contributed by atoms with Crippen molar-refractivity contribution in [3.63, 3.8) is 0 Å². The molecule has 0 fully saturated rings. The van der Waals surface area contributed by atoms with Gasteiger partial charge >= 0.3 is 0 Å². The van der Waals surface area contributed by atoms with E-state index in [0.717, 1.165) is 5.56 Å². The van der Waals surface area contributed by atoms with Gasteiger partial charge in [-0.15, -0.1) is 0 Å². The van der Waals surface area contributed by atoms with Gasteiger partial charge in [-0.2, -0.15) is 0 Å². The summed E-state index contributed by atoms with van der Waals surface area (Å²) in [5, 5.41) is 7.63. The van der Waals surface area contributed by atoms with E-state index in [-0.39, 0.29) is 24.7 Å². The molecule has 3 rings (SSSR count). The highest BCUT2D eigenvalue weighted by atomic mass is 35.5. The first kappa shape index (κ1) is 16.7. The van der Waals surface area contributed by atoms with Gasteiger partial charge in [0, 0.05) is 28.6 Å². The van der Waals surface area contributed by atoms with Crippen LogP contribution in [0.5, 0.6) is 0 Å². The Bertz CT molecular complexity index is 811. The monoisotopic (exact) mass is 366 g/mol. The number of halogens is 3. The predicted octanol–water partition coefficient (Wildman–Crippen LogP) is 3.94. The lowest BCUT2D eigenvalue weighted by atomic mass is 10.0. The van der Waals surface area contributed by atoms with Gasteiger partial charge in [0.25, 0.3) is 5.91 Å². The number of carbonyl (C=O) groups is 1. The average molecular weight is 367 g/mol. The summed E-state index contributed by atoms with van der Waals surface area (Å²) in [6.45, 7) is 0.254. The van der Waals surface area contributed by atoms with Crippen LogP contribution in [-0.4, -0.2) is 17.7 Å². The Kier molecular flexibility index (Phi) is 5.02. The van der Waals surface area contributed by atoms with Crippen molar-refractivity contribution >= 4 is 34.8 Å². The largest absolute Gasteiger partial charge is 0.382 e. The molecule has 2 aromatic carbocycles. The van der Waals surface area contributed by atoms with Crippen molar-refractivity contribution in [2.24, 2.45) is 5.16 Å². The van der Waals surface area contributed by atoms with Crippen molar-refractivity contribution in [2.75, 3.05) is 0 Å². The Balaban J connectivity index is 1.58. The van der Waals surface area contributed by atoms with Crippen molar-refractivity contribution < 1.29 is 14.0 Å². The zero-order valence-corrected chi connectivity index (χ0v) is 13.9. The van der Waals surface area contributed by atoms with E-state index >= 15 is 0 Å². The van der Waals surface area contributed by atoms with Crippen molar-refractivity contribution in [1.29, 1.82) is 0 Å². The summed E-state index contributed by atoms with van der Waals surface area (Å²) < 4.78 is 13.3. The topological polar surface area (TPSA) is 50.7 Å². The Morgan fingerprint density at radius 1 is 1.29 bits per heavy atom. The number of hydrogen-bond acceptors (Lipinski definition) is 3. The molecule has 24 heavy (non-hydrogen) atoms. The van der Waals surface area contributed by atoms with E-state index in [2.05, 4.69) is 10.5 Å². The fraction of sp³-hybridized carbons (Fsp3) is 0.176. The lowest BCUT2D eigenvalue weighted by Crippen LogP contribution is -2.34. The molecule has 1 unspecified atom stereocenters. The van der Waals surface area contributed by atoms with Gasteiger partial charge in [0.1, 0.15) is 5.82 Å². The number of benzene rings is 2. The van der Waals surface area contributed by atoms with Crippen LogP contribution >= 0.6 is 23.2 Å². The predicted molar refractivity (Wildman–Crippen MR) is 90.7 cm³/mol. The second-order valence-corrected chi connectivity index (χ2v) is 6.14. The van der Waals surface area contributed by atoms with Gasteiger partial charge in [0.2, 0.25) is 6.10 Å². The first-order valence-corrected chi connectivity index (χ1v) is 7.99. The molecule has 4 nitrogen and oxygen atoms in total. The third-order valence-electron chi connectivity index (χ3n) is 3.59. The van der Waals surface area contributed by atoms with Crippen LogP contribution in [0.15, 0.2) is 47.6 Å². The van der Waals surface area contributed by atoms with Gasteiger partial charge in [0.05, 0.1) is 5.71 Å². The van der Waals surface area contributed by atoms with E-state index in [0.29, 0.717) is 21.3 Å². The highest BCUT2D eigenvalue weighted by Crippen LogP contribution is 2.21. The molecule has 1 heterocycles. The Hall–Kier alpha value is -2.11. The van der Waals surface area contributed by atoms with Crippen LogP contribution in [0.3, 0.4) is 0 Å². The fourth-order valence-corrected chi connectivity index (χ4v) is 2.79. The molecule has 1 atom stereocenters. The van der Waals surface area contributed by atoms with Gasteiger partial charge in [-0.05, 0) is 29.8 Å². The summed E-state index contributed by atoms with van der Waals surface area (Å²) in [7, 11) is 0. The van der Waals surface area contributed by atoms with Crippen molar-refractivity contribution in [3.05, 3.63) is 69.5 Å². The standard InChI is InChI=1S/C17H13Cl2FN2O2/c18-12-5-4-11(14(19)7-12)9-21-17(23)16-8-15(22-24-16)10-2-1-3-13(20)6-10/h1-7,16H,8-9H2,(H,21,23). The van der Waals surface area contributed by atoms with E-state index in [1.54, 1.807) is 30.3 Å². The summed E-state index contributed by atoms with van der Waals surface area (Å²) >= 11 is 11.9. The summed E-state index contributed by atoms with van der Waals surface area (Å²) in [5.74, 6) is -0.670. The Morgan fingerprint density at radius 3 is 2.88 bits per heavy atom. The Labute approximate surface area is 148 Å². The molecule has 2 aromatic rings. The number of rotatable bonds is 4. The first-order chi connectivity index (χ1) is 11.5. The molecule has 1 aliphatic rings. The van der Waals surface area contributed by atoms with Crippen LogP contribution in [-0.2, 0) is 16.2 Å². The number of carbonyl (C=O) groups excluding carboxylic acids is 1. The van der Waals surface area contributed by atoms with Crippen LogP contribution < -0.4 is 5.32 Å². The quantitative estimate of drug-likeness (QED) is 0.890. The van der Waals surface area contributed by atoms with E-state index in [1.807, 2.05) is 0 Å². The van der Waals surface area contributed by atoms with Crippen LogP contribution in [0.2, 0.25) is 10.0 Å². The highest BCUT2D eigenvalue weighted by molar-refractivity contribution is 6.35. The second kappa shape index (κ2) is 7.20. The maximum Gasteiger partial charge on any atom is 0.264 e. The molecule has 0 saturated carbocycles. The number of oxime groups is 1. The van der Waals surface area contributed by atoms with Gasteiger partial charge < -0.3 is 10.2 Å². The van der Waals surface area contributed by atoms with Crippen LogP contribution in [0.25, 0.3) is 0 Å². The summed E-state index contributed by atoms with van der Waals surface area (Å²) in [5.41, 5.74) is 1.89. The minimum Gasteiger partial charge on any atom is -0.382 e. The highest BCUT2D eigenvalue weighted by Gasteiger charge is 2.28. The molecular formula is C17H13Cl2FN2O2. The second-order valence-electron chi connectivity index (χ2n) is 5.30. The summed E-state index contributed by atoms with van der Waals surface area (Å²) in [6.07, 6.45) is -0.460. The molecule has 7 heteroatoms. The number of amides is 1. The maximum atomic E-state index is 13.3. The molecule has 0 radical (unpaired) electrons. The van der Waals surface area contributed by atoms with E-state index in [9.17, 15) is 9.18 Å². The van der Waals surface area contributed by atoms with Gasteiger partial charge in [-0.25, -0.2) is 4.39 Å². The molecule has 1 N–H and O–H groups in total. The van der Waals surface area contributed by atoms with Gasteiger partial charge in [-0.3, -0.25) is 4.79 Å². The minimum absolute atomic E-state index is 0.254. The van der Waals surface area contributed by atoms with Crippen LogP contribution in [0.4, 0.5) is 4.39 Å². The molecular weight excluding hydrogens is 354 g/mol. The van der Waals surface area contributed by atoms with Crippen molar-refractivity contribution in [2.45, 2.75) is 19.1 Å². The van der Waals surface area contributed by atoms with Gasteiger partial charge in [-0.1, -0.05) is 46.6 Å². The van der Waals surface area contributed by atoms with Crippen molar-refractivity contribution in [3.8, 4) is 0 Å². The van der Waals surface area contributed by atoms with Crippen LogP contribution in [0.1, 0.15) is 17.5 Å². The molecule has 1 aliphatic heterocycles. The number of nitrogens with zero attached hydrogens (tertiary/aromatic N) is 1. The number of nitrogens with one attached hydrogen (secondary N) is 1. The molecule has 124 valence electrons. The van der Waals surface area contributed by atoms with E-state index < -0.39 is 6.10 Å².